The molecule has 0 radical (unpaired) electrons. The van der Waals surface area contributed by atoms with E-state index in [0.29, 0.717) is 23.8 Å². The third-order valence-corrected chi connectivity index (χ3v) is 7.17. The van der Waals surface area contributed by atoms with E-state index >= 15 is 0 Å². The maximum Gasteiger partial charge on any atom is 0.236 e. The quantitative estimate of drug-likeness (QED) is 0.815. The summed E-state index contributed by atoms with van der Waals surface area (Å²) in [5.74, 6) is 0.987. The molecule has 1 aromatic carbocycles. The molecule has 4 nitrogen and oxygen atoms in total. The third-order valence-electron chi connectivity index (χ3n) is 7.17. The Hall–Kier alpha value is -1.39. The summed E-state index contributed by atoms with van der Waals surface area (Å²) in [6.45, 7) is 10.6. The molecule has 3 aliphatic heterocycles. The van der Waals surface area contributed by atoms with E-state index in [1.54, 1.807) is 0 Å². The smallest absolute Gasteiger partial charge is 0.236 e. The van der Waals surface area contributed by atoms with Crippen molar-refractivity contribution in [3.8, 4) is 0 Å². The van der Waals surface area contributed by atoms with Crippen LogP contribution in [0.15, 0.2) is 30.3 Å². The molecule has 0 saturated carbocycles. The van der Waals surface area contributed by atoms with Crippen molar-refractivity contribution < 1.29 is 4.79 Å². The fourth-order valence-electron chi connectivity index (χ4n) is 5.52. The van der Waals surface area contributed by atoms with Gasteiger partial charge in [0.15, 0.2) is 0 Å². The van der Waals surface area contributed by atoms with Gasteiger partial charge in [-0.2, -0.15) is 0 Å². The average Bonchev–Trinajstić information content (AvgIpc) is 3.22. The van der Waals surface area contributed by atoms with E-state index in [9.17, 15) is 4.79 Å². The predicted octanol–water partition coefficient (Wildman–Crippen LogP) is 3.20. The number of hydrogen-bond acceptors (Lipinski definition) is 3. The standard InChI is InChI=1S/C23H35N3O/c1-2-24-17-21(20-8-4-3-5-9-20)16-23(19-24)10-14-26(15-11-23)22(27)18-25-12-6-7-13-25/h3-5,8-9,21H,2,6-7,10-19H2,1H3. The molecule has 0 aromatic heterocycles. The fraction of sp³-hybridized carbons (Fsp3) is 0.696. The molecule has 4 heteroatoms. The van der Waals surface area contributed by atoms with Crippen LogP contribution in [0.5, 0.6) is 0 Å². The van der Waals surface area contributed by atoms with E-state index in [4.69, 9.17) is 0 Å². The summed E-state index contributed by atoms with van der Waals surface area (Å²) in [6.07, 6.45) is 6.12. The highest BCUT2D eigenvalue weighted by atomic mass is 16.2. The van der Waals surface area contributed by atoms with Gasteiger partial charge in [0.05, 0.1) is 6.54 Å². The number of carbonyl (C=O) groups is 1. The van der Waals surface area contributed by atoms with E-state index in [-0.39, 0.29) is 0 Å². The normalized spacial score (nSPS) is 26.6. The summed E-state index contributed by atoms with van der Waals surface area (Å²) < 4.78 is 0. The van der Waals surface area contributed by atoms with E-state index in [2.05, 4.69) is 52.0 Å². The van der Waals surface area contributed by atoms with Crippen molar-refractivity contribution in [2.45, 2.75) is 44.9 Å². The zero-order chi connectivity index (χ0) is 18.7. The van der Waals surface area contributed by atoms with Gasteiger partial charge in [0.25, 0.3) is 0 Å². The molecular weight excluding hydrogens is 334 g/mol. The fourth-order valence-corrected chi connectivity index (χ4v) is 5.52. The Morgan fingerprint density at radius 3 is 2.41 bits per heavy atom. The monoisotopic (exact) mass is 369 g/mol. The molecule has 0 N–H and O–H groups in total. The van der Waals surface area contributed by atoms with Crippen LogP contribution in [0.2, 0.25) is 0 Å². The molecule has 4 rings (SSSR count). The molecule has 1 atom stereocenters. The lowest BCUT2D eigenvalue weighted by atomic mass is 9.68. The summed E-state index contributed by atoms with van der Waals surface area (Å²) in [5.41, 5.74) is 1.88. The second kappa shape index (κ2) is 8.32. The molecule has 1 spiro atoms. The number of carbonyl (C=O) groups excluding carboxylic acids is 1. The number of piperidine rings is 2. The molecular formula is C23H35N3O. The van der Waals surface area contributed by atoms with Crippen LogP contribution in [0.3, 0.4) is 0 Å². The second-order valence-electron chi connectivity index (χ2n) is 9.00. The van der Waals surface area contributed by atoms with Crippen LogP contribution in [-0.2, 0) is 4.79 Å². The number of likely N-dealkylation sites (tertiary alicyclic amines) is 3. The number of rotatable bonds is 4. The van der Waals surface area contributed by atoms with Gasteiger partial charge in [0, 0.05) is 26.2 Å². The van der Waals surface area contributed by atoms with Gasteiger partial charge >= 0.3 is 0 Å². The minimum Gasteiger partial charge on any atom is -0.342 e. The van der Waals surface area contributed by atoms with Gasteiger partial charge in [-0.15, -0.1) is 0 Å². The van der Waals surface area contributed by atoms with E-state index in [1.165, 1.54) is 50.8 Å². The zero-order valence-electron chi connectivity index (χ0n) is 16.9. The molecule has 3 saturated heterocycles. The Balaban J connectivity index is 1.38. The lowest BCUT2D eigenvalue weighted by Gasteiger charge is -2.50. The maximum atomic E-state index is 12.7. The minimum atomic E-state index is 0.356. The number of hydrogen-bond donors (Lipinski definition) is 0. The van der Waals surface area contributed by atoms with Crippen molar-refractivity contribution in [1.29, 1.82) is 0 Å². The molecule has 0 bridgehead atoms. The topological polar surface area (TPSA) is 26.8 Å². The van der Waals surface area contributed by atoms with Crippen molar-refractivity contribution in [1.82, 2.24) is 14.7 Å². The zero-order valence-corrected chi connectivity index (χ0v) is 16.9. The van der Waals surface area contributed by atoms with Crippen LogP contribution < -0.4 is 0 Å². The van der Waals surface area contributed by atoms with E-state index < -0.39 is 0 Å². The van der Waals surface area contributed by atoms with Crippen LogP contribution in [0, 0.1) is 5.41 Å². The SMILES string of the molecule is CCN1CC(c2ccccc2)CC2(CCN(C(=O)CN3CCCC3)CC2)C1. The first-order chi connectivity index (χ1) is 13.2. The Bertz CT molecular complexity index is 618. The van der Waals surface area contributed by atoms with Gasteiger partial charge in [-0.3, -0.25) is 9.69 Å². The lowest BCUT2D eigenvalue weighted by molar-refractivity contribution is -0.135. The van der Waals surface area contributed by atoms with Crippen LogP contribution in [0.25, 0.3) is 0 Å². The second-order valence-corrected chi connectivity index (χ2v) is 9.00. The molecule has 1 amide bonds. The van der Waals surface area contributed by atoms with Gasteiger partial charge in [0.2, 0.25) is 5.91 Å². The minimum absolute atomic E-state index is 0.356. The maximum absolute atomic E-state index is 12.7. The summed E-state index contributed by atoms with van der Waals surface area (Å²) >= 11 is 0. The Kier molecular flexibility index (Phi) is 5.84. The van der Waals surface area contributed by atoms with Gasteiger partial charge in [-0.25, -0.2) is 0 Å². The van der Waals surface area contributed by atoms with Crippen LogP contribution >= 0.6 is 0 Å². The van der Waals surface area contributed by atoms with Crippen LogP contribution in [-0.4, -0.2) is 73.0 Å². The van der Waals surface area contributed by atoms with Crippen molar-refractivity contribution in [3.05, 3.63) is 35.9 Å². The van der Waals surface area contributed by atoms with Gasteiger partial charge in [-0.1, -0.05) is 37.3 Å². The first-order valence-electron chi connectivity index (χ1n) is 10.9. The lowest BCUT2D eigenvalue weighted by Crippen LogP contribution is -2.53. The number of benzene rings is 1. The number of nitrogens with zero attached hydrogens (tertiary/aromatic N) is 3. The number of likely N-dealkylation sites (N-methyl/N-ethyl adjacent to an activating group) is 1. The summed E-state index contributed by atoms with van der Waals surface area (Å²) in [6, 6.07) is 11.1. The van der Waals surface area contributed by atoms with Crippen molar-refractivity contribution in [2.75, 3.05) is 52.4 Å². The van der Waals surface area contributed by atoms with Gasteiger partial charge < -0.3 is 9.80 Å². The highest BCUT2D eigenvalue weighted by Gasteiger charge is 2.42. The predicted molar refractivity (Wildman–Crippen MR) is 110 cm³/mol. The molecule has 148 valence electrons. The molecule has 3 aliphatic rings. The van der Waals surface area contributed by atoms with Crippen molar-refractivity contribution >= 4 is 5.91 Å². The highest BCUT2D eigenvalue weighted by Crippen LogP contribution is 2.45. The highest BCUT2D eigenvalue weighted by molar-refractivity contribution is 5.78. The largest absolute Gasteiger partial charge is 0.342 e. The number of amides is 1. The Morgan fingerprint density at radius 2 is 1.74 bits per heavy atom. The first-order valence-corrected chi connectivity index (χ1v) is 10.9. The van der Waals surface area contributed by atoms with Crippen LogP contribution in [0.1, 0.15) is 50.5 Å². The average molecular weight is 370 g/mol. The Labute approximate surface area is 164 Å². The molecule has 0 aliphatic carbocycles. The molecule has 1 aromatic rings. The summed E-state index contributed by atoms with van der Waals surface area (Å²) in [5, 5.41) is 0. The molecule has 27 heavy (non-hydrogen) atoms. The summed E-state index contributed by atoms with van der Waals surface area (Å²) in [4.78, 5) is 19.8. The van der Waals surface area contributed by atoms with Crippen LogP contribution in [0.4, 0.5) is 0 Å². The van der Waals surface area contributed by atoms with E-state index in [0.717, 1.165) is 32.7 Å². The van der Waals surface area contributed by atoms with Crippen molar-refractivity contribution in [3.63, 3.8) is 0 Å². The molecule has 3 heterocycles. The van der Waals surface area contributed by atoms with Gasteiger partial charge in [-0.05, 0) is 68.6 Å². The third kappa shape index (κ3) is 4.38. The van der Waals surface area contributed by atoms with E-state index in [1.807, 2.05) is 0 Å². The Morgan fingerprint density at radius 1 is 1.04 bits per heavy atom. The molecule has 3 fully saturated rings. The van der Waals surface area contributed by atoms with Crippen molar-refractivity contribution in [2.24, 2.45) is 5.41 Å². The molecule has 1 unspecified atom stereocenters. The van der Waals surface area contributed by atoms with Gasteiger partial charge in [0.1, 0.15) is 0 Å². The first kappa shape index (κ1) is 18.9. The summed E-state index contributed by atoms with van der Waals surface area (Å²) in [7, 11) is 0.